The van der Waals surface area contributed by atoms with Crippen LogP contribution in [0.4, 0.5) is 5.82 Å². The van der Waals surface area contributed by atoms with Crippen LogP contribution < -0.4 is 5.32 Å². The van der Waals surface area contributed by atoms with Gasteiger partial charge in [-0.3, -0.25) is 9.59 Å². The molecule has 3 aromatic rings. The summed E-state index contributed by atoms with van der Waals surface area (Å²) in [6.07, 6.45) is 0.422. The first-order valence-corrected chi connectivity index (χ1v) is 10.7. The van der Waals surface area contributed by atoms with E-state index in [0.29, 0.717) is 36.7 Å². The fraction of sp³-hybridized carbons (Fsp3) is 0.280. The summed E-state index contributed by atoms with van der Waals surface area (Å²) in [4.78, 5) is 38.1. The summed E-state index contributed by atoms with van der Waals surface area (Å²) in [6.45, 7) is 1.50. The van der Waals surface area contributed by atoms with Crippen molar-refractivity contribution in [2.24, 2.45) is 0 Å². The Hall–Kier alpha value is -3.74. The summed E-state index contributed by atoms with van der Waals surface area (Å²) in [7, 11) is 3.54. The molecule has 7 heteroatoms. The molecule has 2 amide bonds. The van der Waals surface area contributed by atoms with Crippen molar-refractivity contribution in [3.63, 3.8) is 0 Å². The molecule has 1 atom stereocenters. The maximum atomic E-state index is 12.7. The van der Waals surface area contributed by atoms with Crippen LogP contribution in [0.5, 0.6) is 0 Å². The number of likely N-dealkylation sites (tertiary alicyclic amines) is 1. The third kappa shape index (κ3) is 4.94. The second-order valence-corrected chi connectivity index (χ2v) is 8.03. The van der Waals surface area contributed by atoms with Gasteiger partial charge in [0.05, 0.1) is 12.2 Å². The molecule has 32 heavy (non-hydrogen) atoms. The third-order valence-corrected chi connectivity index (χ3v) is 5.64. The standard InChI is InChI=1S/C25H27N5O2/c1-26-22-14-21(20-13-24(31)30(16-20)15-18-9-5-3-6-10-18)27-23(28-22)17-29(2)25(32)19-11-7-4-8-12-19/h3-12,14,20H,13,15-17H2,1-2H3,(H,26,27,28)/t20-/m0/s1. The molecule has 0 unspecified atom stereocenters. The molecule has 1 aliphatic heterocycles. The van der Waals surface area contributed by atoms with Gasteiger partial charge in [0, 0.05) is 51.2 Å². The molecule has 0 radical (unpaired) electrons. The fourth-order valence-electron chi connectivity index (χ4n) is 3.94. The van der Waals surface area contributed by atoms with E-state index in [1.54, 1.807) is 31.1 Å². The number of nitrogens with one attached hydrogen (secondary N) is 1. The lowest BCUT2D eigenvalue weighted by molar-refractivity contribution is -0.128. The van der Waals surface area contributed by atoms with Gasteiger partial charge in [-0.05, 0) is 17.7 Å². The normalized spacial score (nSPS) is 15.6. The number of benzene rings is 2. The molecular formula is C25H27N5O2. The average molecular weight is 430 g/mol. The van der Waals surface area contributed by atoms with Crippen LogP contribution in [-0.2, 0) is 17.9 Å². The minimum absolute atomic E-state index is 0.00445. The Balaban J connectivity index is 1.49. The highest BCUT2D eigenvalue weighted by Crippen LogP contribution is 2.29. The molecule has 1 aliphatic rings. The quantitative estimate of drug-likeness (QED) is 0.623. The van der Waals surface area contributed by atoms with Gasteiger partial charge in [0.25, 0.3) is 5.91 Å². The second kappa shape index (κ2) is 9.60. The monoisotopic (exact) mass is 429 g/mol. The molecule has 1 aromatic heterocycles. The Morgan fingerprint density at radius 1 is 1.09 bits per heavy atom. The summed E-state index contributed by atoms with van der Waals surface area (Å²) in [5, 5.41) is 3.07. The molecule has 1 fully saturated rings. The number of carbonyl (C=O) groups is 2. The van der Waals surface area contributed by atoms with Crippen LogP contribution in [0.3, 0.4) is 0 Å². The molecule has 1 N–H and O–H groups in total. The zero-order valence-electron chi connectivity index (χ0n) is 18.4. The van der Waals surface area contributed by atoms with E-state index >= 15 is 0 Å². The lowest BCUT2D eigenvalue weighted by Gasteiger charge is -2.19. The molecule has 164 valence electrons. The van der Waals surface area contributed by atoms with E-state index in [4.69, 9.17) is 4.98 Å². The first-order chi connectivity index (χ1) is 15.5. The van der Waals surface area contributed by atoms with Gasteiger partial charge in [-0.1, -0.05) is 48.5 Å². The number of aromatic nitrogens is 2. The molecule has 7 nitrogen and oxygen atoms in total. The van der Waals surface area contributed by atoms with Crippen LogP contribution in [0, 0.1) is 0 Å². The molecule has 0 saturated carbocycles. The fourth-order valence-corrected chi connectivity index (χ4v) is 3.94. The van der Waals surface area contributed by atoms with Crippen molar-refractivity contribution in [1.29, 1.82) is 0 Å². The van der Waals surface area contributed by atoms with Crippen molar-refractivity contribution in [2.75, 3.05) is 26.0 Å². The van der Waals surface area contributed by atoms with Crippen LogP contribution in [0.25, 0.3) is 0 Å². The van der Waals surface area contributed by atoms with Gasteiger partial charge < -0.3 is 15.1 Å². The van der Waals surface area contributed by atoms with Crippen LogP contribution in [-0.4, -0.2) is 52.2 Å². The average Bonchev–Trinajstić information content (AvgIpc) is 3.19. The number of hydrogen-bond acceptors (Lipinski definition) is 5. The Labute approximate surface area is 188 Å². The van der Waals surface area contributed by atoms with Crippen molar-refractivity contribution < 1.29 is 9.59 Å². The summed E-state index contributed by atoms with van der Waals surface area (Å²) in [5.74, 6) is 1.26. The van der Waals surface area contributed by atoms with E-state index in [0.717, 1.165) is 11.3 Å². The highest BCUT2D eigenvalue weighted by Gasteiger charge is 2.32. The van der Waals surface area contributed by atoms with E-state index in [1.165, 1.54) is 0 Å². The Morgan fingerprint density at radius 2 is 1.78 bits per heavy atom. The molecule has 0 aliphatic carbocycles. The van der Waals surface area contributed by atoms with Gasteiger partial charge in [0.2, 0.25) is 5.91 Å². The smallest absolute Gasteiger partial charge is 0.254 e. The van der Waals surface area contributed by atoms with Crippen LogP contribution >= 0.6 is 0 Å². The lowest BCUT2D eigenvalue weighted by atomic mass is 10.0. The maximum Gasteiger partial charge on any atom is 0.254 e. The van der Waals surface area contributed by atoms with Gasteiger partial charge in [-0.25, -0.2) is 9.97 Å². The largest absolute Gasteiger partial charge is 0.373 e. The van der Waals surface area contributed by atoms with E-state index in [1.807, 2.05) is 59.5 Å². The second-order valence-electron chi connectivity index (χ2n) is 8.03. The van der Waals surface area contributed by atoms with E-state index in [-0.39, 0.29) is 24.3 Å². The highest BCUT2D eigenvalue weighted by molar-refractivity contribution is 5.93. The zero-order valence-corrected chi connectivity index (χ0v) is 18.4. The predicted molar refractivity (Wildman–Crippen MR) is 123 cm³/mol. The summed E-state index contributed by atoms with van der Waals surface area (Å²) < 4.78 is 0. The van der Waals surface area contributed by atoms with E-state index < -0.39 is 0 Å². The van der Waals surface area contributed by atoms with Crippen LogP contribution in [0.15, 0.2) is 66.7 Å². The predicted octanol–water partition coefficient (Wildman–Crippen LogP) is 3.31. The zero-order chi connectivity index (χ0) is 22.5. The van der Waals surface area contributed by atoms with Gasteiger partial charge in [-0.2, -0.15) is 0 Å². The molecule has 4 rings (SSSR count). The Bertz CT molecular complexity index is 1090. The first-order valence-electron chi connectivity index (χ1n) is 10.7. The van der Waals surface area contributed by atoms with Gasteiger partial charge in [0.1, 0.15) is 11.6 Å². The lowest BCUT2D eigenvalue weighted by Crippen LogP contribution is -2.27. The first kappa shape index (κ1) is 21.5. The van der Waals surface area contributed by atoms with Crippen molar-refractivity contribution in [2.45, 2.75) is 25.4 Å². The summed E-state index contributed by atoms with van der Waals surface area (Å²) >= 11 is 0. The molecule has 2 aromatic carbocycles. The number of carbonyl (C=O) groups excluding carboxylic acids is 2. The maximum absolute atomic E-state index is 12.7. The van der Waals surface area contributed by atoms with Crippen molar-refractivity contribution in [3.05, 3.63) is 89.4 Å². The topological polar surface area (TPSA) is 78.4 Å². The minimum atomic E-state index is -0.0873. The third-order valence-electron chi connectivity index (χ3n) is 5.64. The number of anilines is 1. The minimum Gasteiger partial charge on any atom is -0.373 e. The van der Waals surface area contributed by atoms with Crippen LogP contribution in [0.1, 0.15) is 39.8 Å². The summed E-state index contributed by atoms with van der Waals surface area (Å²) in [6, 6.07) is 21.0. The number of rotatable bonds is 7. The van der Waals surface area contributed by atoms with Crippen molar-refractivity contribution in [3.8, 4) is 0 Å². The highest BCUT2D eigenvalue weighted by atomic mass is 16.2. The number of hydrogen-bond donors (Lipinski definition) is 1. The Morgan fingerprint density at radius 3 is 2.47 bits per heavy atom. The molecule has 0 bridgehead atoms. The summed E-state index contributed by atoms with van der Waals surface area (Å²) in [5.41, 5.74) is 2.56. The SMILES string of the molecule is CNc1cc([C@H]2CC(=O)N(Cc3ccccc3)C2)nc(CN(C)C(=O)c2ccccc2)n1. The van der Waals surface area contributed by atoms with Gasteiger partial charge >= 0.3 is 0 Å². The van der Waals surface area contributed by atoms with Crippen LogP contribution in [0.2, 0.25) is 0 Å². The Kier molecular flexibility index (Phi) is 6.44. The van der Waals surface area contributed by atoms with Crippen molar-refractivity contribution in [1.82, 2.24) is 19.8 Å². The molecular weight excluding hydrogens is 402 g/mol. The molecule has 0 spiro atoms. The van der Waals surface area contributed by atoms with Gasteiger partial charge in [-0.15, -0.1) is 0 Å². The van der Waals surface area contributed by atoms with E-state index in [2.05, 4.69) is 10.3 Å². The van der Waals surface area contributed by atoms with Gasteiger partial charge in [0.15, 0.2) is 0 Å². The van der Waals surface area contributed by atoms with Crippen molar-refractivity contribution >= 4 is 17.6 Å². The number of amides is 2. The molecule has 1 saturated heterocycles. The molecule has 2 heterocycles. The number of nitrogens with zero attached hydrogens (tertiary/aromatic N) is 4. The van der Waals surface area contributed by atoms with E-state index in [9.17, 15) is 9.59 Å².